The maximum absolute atomic E-state index is 14.7. The molecule has 2 atom stereocenters. The molecule has 5 heteroatoms. The van der Waals surface area contributed by atoms with Crippen LogP contribution in [0.1, 0.15) is 36.8 Å². The summed E-state index contributed by atoms with van der Waals surface area (Å²) in [4.78, 5) is 6.68. The predicted octanol–water partition coefficient (Wildman–Crippen LogP) is 4.97. The maximum Gasteiger partial charge on any atom is 0.119 e. The number of hydrogen-bond acceptors (Lipinski definition) is 4. The van der Waals surface area contributed by atoms with Gasteiger partial charge in [0.15, 0.2) is 0 Å². The number of rotatable bonds is 5. The summed E-state index contributed by atoms with van der Waals surface area (Å²) in [6, 6.07) is 10.6. The van der Waals surface area contributed by atoms with Gasteiger partial charge >= 0.3 is 0 Å². The lowest BCUT2D eigenvalue weighted by Gasteiger charge is -2.42. The molecule has 1 aromatic heterocycles. The number of aryl methyl sites for hydroxylation is 1. The van der Waals surface area contributed by atoms with Crippen molar-refractivity contribution in [3.63, 3.8) is 0 Å². The molecule has 2 unspecified atom stereocenters. The first-order chi connectivity index (χ1) is 12.1. The second kappa shape index (κ2) is 7.63. The van der Waals surface area contributed by atoms with E-state index in [4.69, 9.17) is 5.26 Å². The van der Waals surface area contributed by atoms with E-state index in [1.165, 1.54) is 5.56 Å². The van der Waals surface area contributed by atoms with Gasteiger partial charge in [-0.3, -0.25) is 4.90 Å². The molecule has 0 saturated carbocycles. The van der Waals surface area contributed by atoms with E-state index < -0.39 is 11.6 Å². The van der Waals surface area contributed by atoms with Gasteiger partial charge in [-0.1, -0.05) is 31.2 Å². The number of alkyl halides is 1. The highest BCUT2D eigenvalue weighted by Gasteiger charge is 2.41. The smallest absolute Gasteiger partial charge is 0.119 e. The third kappa shape index (κ3) is 3.91. The van der Waals surface area contributed by atoms with E-state index in [0.29, 0.717) is 13.0 Å². The highest BCUT2D eigenvalue weighted by molar-refractivity contribution is 7.09. The number of nitrogens with zero attached hydrogens (tertiary/aromatic N) is 3. The van der Waals surface area contributed by atoms with Crippen LogP contribution in [0.5, 0.6) is 0 Å². The molecular formula is C20H24FN3S. The largest absolute Gasteiger partial charge is 0.296 e. The maximum atomic E-state index is 14.7. The van der Waals surface area contributed by atoms with Crippen molar-refractivity contribution in [2.24, 2.45) is 5.41 Å². The van der Waals surface area contributed by atoms with Crippen molar-refractivity contribution in [3.8, 4) is 17.3 Å². The number of benzene rings is 1. The minimum absolute atomic E-state index is 0.320. The molecule has 0 bridgehead atoms. The molecule has 0 N–H and O–H groups in total. The summed E-state index contributed by atoms with van der Waals surface area (Å²) in [7, 11) is 0. The van der Waals surface area contributed by atoms with Gasteiger partial charge in [0.2, 0.25) is 0 Å². The minimum atomic E-state index is -0.928. The Labute approximate surface area is 153 Å². The zero-order valence-corrected chi connectivity index (χ0v) is 15.7. The lowest BCUT2D eigenvalue weighted by atomic mass is 9.72. The van der Waals surface area contributed by atoms with Crippen LogP contribution in [0.4, 0.5) is 4.39 Å². The molecule has 2 heterocycles. The fraction of sp³-hybridized carbons (Fsp3) is 0.500. The standard InChI is InChI=1S/C20H24FN3S/c1-3-20(8-10-22)9-11-24(13-19(20)21)12-16-4-6-17(7-5-16)18-14-25-15(2)23-18/h4-7,14,19H,3,8-9,11-13H2,1-2H3. The van der Waals surface area contributed by atoms with Crippen LogP contribution in [-0.4, -0.2) is 29.1 Å². The number of halogens is 1. The van der Waals surface area contributed by atoms with Crippen molar-refractivity contribution in [3.05, 3.63) is 40.2 Å². The number of aromatic nitrogens is 1. The van der Waals surface area contributed by atoms with Gasteiger partial charge in [0, 0.05) is 35.9 Å². The monoisotopic (exact) mass is 357 g/mol. The second-order valence-corrected chi connectivity index (χ2v) is 8.01. The number of thiazole rings is 1. The first-order valence-corrected chi connectivity index (χ1v) is 9.69. The summed E-state index contributed by atoms with van der Waals surface area (Å²) in [5.74, 6) is 0. The van der Waals surface area contributed by atoms with E-state index in [1.54, 1.807) is 11.3 Å². The molecule has 1 aromatic carbocycles. The van der Waals surface area contributed by atoms with Crippen LogP contribution in [0.15, 0.2) is 29.6 Å². The summed E-state index contributed by atoms with van der Waals surface area (Å²) < 4.78 is 14.7. The van der Waals surface area contributed by atoms with E-state index in [-0.39, 0.29) is 0 Å². The van der Waals surface area contributed by atoms with Gasteiger partial charge in [-0.05, 0) is 31.9 Å². The molecule has 3 nitrogen and oxygen atoms in total. The van der Waals surface area contributed by atoms with E-state index in [9.17, 15) is 4.39 Å². The Balaban J connectivity index is 1.63. The van der Waals surface area contributed by atoms with Crippen LogP contribution in [0.3, 0.4) is 0 Å². The van der Waals surface area contributed by atoms with Gasteiger partial charge < -0.3 is 0 Å². The van der Waals surface area contributed by atoms with Crippen molar-refractivity contribution >= 4 is 11.3 Å². The molecule has 25 heavy (non-hydrogen) atoms. The SMILES string of the molecule is CCC1(CC#N)CCN(Cc2ccc(-c3csc(C)n3)cc2)CC1F. The van der Waals surface area contributed by atoms with Crippen LogP contribution >= 0.6 is 11.3 Å². The Morgan fingerprint density at radius 3 is 2.72 bits per heavy atom. The third-order valence-corrected chi connectivity index (χ3v) is 6.19. The van der Waals surface area contributed by atoms with Gasteiger partial charge in [0.25, 0.3) is 0 Å². The Hall–Kier alpha value is -1.77. The summed E-state index contributed by atoms with van der Waals surface area (Å²) in [5.41, 5.74) is 2.87. The van der Waals surface area contributed by atoms with Crippen molar-refractivity contribution in [2.45, 2.75) is 45.8 Å². The summed E-state index contributed by atoms with van der Waals surface area (Å²) >= 11 is 1.65. The summed E-state index contributed by atoms with van der Waals surface area (Å²) in [6.45, 7) is 6.03. The van der Waals surface area contributed by atoms with Gasteiger partial charge in [-0.15, -0.1) is 11.3 Å². The average Bonchev–Trinajstić information content (AvgIpc) is 3.05. The van der Waals surface area contributed by atoms with Crippen molar-refractivity contribution in [1.82, 2.24) is 9.88 Å². The van der Waals surface area contributed by atoms with Gasteiger partial charge in [0.05, 0.1) is 16.8 Å². The molecular weight excluding hydrogens is 333 g/mol. The van der Waals surface area contributed by atoms with Crippen LogP contribution in [0.25, 0.3) is 11.3 Å². The Morgan fingerprint density at radius 2 is 2.16 bits per heavy atom. The summed E-state index contributed by atoms with van der Waals surface area (Å²) in [5, 5.41) is 12.2. The summed E-state index contributed by atoms with van der Waals surface area (Å²) in [6.07, 6.45) is 0.884. The van der Waals surface area contributed by atoms with Crippen LogP contribution < -0.4 is 0 Å². The van der Waals surface area contributed by atoms with Crippen LogP contribution in [-0.2, 0) is 6.54 Å². The fourth-order valence-corrected chi connectivity index (χ4v) is 4.23. The average molecular weight is 357 g/mol. The topological polar surface area (TPSA) is 39.9 Å². The molecule has 0 amide bonds. The van der Waals surface area contributed by atoms with Gasteiger partial charge in [-0.2, -0.15) is 5.26 Å². The van der Waals surface area contributed by atoms with Crippen molar-refractivity contribution < 1.29 is 4.39 Å². The fourth-order valence-electron chi connectivity index (χ4n) is 3.61. The highest BCUT2D eigenvalue weighted by atomic mass is 32.1. The van der Waals surface area contributed by atoms with Gasteiger partial charge in [0.1, 0.15) is 6.17 Å². The number of hydrogen-bond donors (Lipinski definition) is 0. The molecule has 1 saturated heterocycles. The molecule has 1 aliphatic heterocycles. The Morgan fingerprint density at radius 1 is 1.40 bits per heavy atom. The lowest BCUT2D eigenvalue weighted by Crippen LogP contribution is -2.48. The van der Waals surface area contributed by atoms with E-state index in [1.807, 2.05) is 13.8 Å². The van der Waals surface area contributed by atoms with E-state index >= 15 is 0 Å². The zero-order chi connectivity index (χ0) is 17.9. The van der Waals surface area contributed by atoms with E-state index in [0.717, 1.165) is 42.2 Å². The van der Waals surface area contributed by atoms with Crippen LogP contribution in [0.2, 0.25) is 0 Å². The number of likely N-dealkylation sites (tertiary alicyclic amines) is 1. The van der Waals surface area contributed by atoms with E-state index in [2.05, 4.69) is 45.6 Å². The van der Waals surface area contributed by atoms with Gasteiger partial charge in [-0.25, -0.2) is 9.37 Å². The molecule has 132 valence electrons. The second-order valence-electron chi connectivity index (χ2n) is 6.95. The van der Waals surface area contributed by atoms with Crippen molar-refractivity contribution in [2.75, 3.05) is 13.1 Å². The Kier molecular flexibility index (Phi) is 5.51. The first kappa shape index (κ1) is 18.0. The molecule has 1 fully saturated rings. The third-order valence-electron chi connectivity index (χ3n) is 5.42. The molecule has 3 rings (SSSR count). The molecule has 0 aliphatic carbocycles. The van der Waals surface area contributed by atoms with Crippen LogP contribution in [0, 0.1) is 23.7 Å². The molecule has 0 radical (unpaired) electrons. The normalized spacial score (nSPS) is 24.2. The lowest BCUT2D eigenvalue weighted by molar-refractivity contribution is 0.00335. The number of nitriles is 1. The highest BCUT2D eigenvalue weighted by Crippen LogP contribution is 2.40. The quantitative estimate of drug-likeness (QED) is 0.758. The predicted molar refractivity (Wildman–Crippen MR) is 100 cm³/mol. The minimum Gasteiger partial charge on any atom is -0.296 e. The number of piperidine rings is 1. The van der Waals surface area contributed by atoms with Crippen molar-refractivity contribution in [1.29, 1.82) is 5.26 Å². The molecule has 0 spiro atoms. The molecule has 1 aliphatic rings. The molecule has 2 aromatic rings. The Bertz CT molecular complexity index is 749. The first-order valence-electron chi connectivity index (χ1n) is 8.81. The zero-order valence-electron chi connectivity index (χ0n) is 14.8.